The number of rotatable bonds is 2. The van der Waals surface area contributed by atoms with Crippen molar-refractivity contribution in [3.05, 3.63) is 50.2 Å². The predicted octanol–water partition coefficient (Wildman–Crippen LogP) is 5.86. The highest BCUT2D eigenvalue weighted by atomic mass is 35.5. The van der Waals surface area contributed by atoms with Crippen LogP contribution in [0.1, 0.15) is 44.9 Å². The molecule has 0 bridgehead atoms. The van der Waals surface area contributed by atoms with Crippen molar-refractivity contribution in [2.45, 2.75) is 39.0 Å². The third kappa shape index (κ3) is 3.71. The number of fused-ring (bicyclic) bond motifs is 1. The van der Waals surface area contributed by atoms with E-state index in [1.165, 1.54) is 23.3 Å². The fourth-order valence-corrected chi connectivity index (χ4v) is 5.66. The van der Waals surface area contributed by atoms with Crippen molar-refractivity contribution in [2.24, 2.45) is 4.99 Å². The molecule has 0 radical (unpaired) electrons. The summed E-state index contributed by atoms with van der Waals surface area (Å²) in [4.78, 5) is 22.0. The number of hydrogen-bond acceptors (Lipinski definition) is 4. The minimum absolute atomic E-state index is 0.0913. The van der Waals surface area contributed by atoms with Crippen molar-refractivity contribution < 1.29 is 4.79 Å². The smallest absolute Gasteiger partial charge is 0.269 e. The number of carbonyl (C=O) groups excluding carboxylic acids is 1. The van der Waals surface area contributed by atoms with E-state index in [0.29, 0.717) is 5.02 Å². The van der Waals surface area contributed by atoms with Crippen LogP contribution < -0.4 is 0 Å². The Morgan fingerprint density at radius 2 is 2.04 bits per heavy atom. The van der Waals surface area contributed by atoms with E-state index in [4.69, 9.17) is 16.6 Å². The van der Waals surface area contributed by atoms with Crippen molar-refractivity contribution >= 4 is 51.5 Å². The Morgan fingerprint density at radius 1 is 1.19 bits per heavy atom. The van der Waals surface area contributed by atoms with Crippen LogP contribution >= 0.6 is 34.7 Å². The molecule has 0 N–H and O–H groups in total. The van der Waals surface area contributed by atoms with Gasteiger partial charge in [0.25, 0.3) is 5.91 Å². The molecular formula is C20H21ClN2OS2. The van der Waals surface area contributed by atoms with Crippen LogP contribution in [0.15, 0.2) is 29.3 Å². The van der Waals surface area contributed by atoms with Gasteiger partial charge in [-0.05, 0) is 68.4 Å². The van der Waals surface area contributed by atoms with Gasteiger partial charge in [-0.15, -0.1) is 11.3 Å². The van der Waals surface area contributed by atoms with Crippen molar-refractivity contribution in [3.63, 3.8) is 0 Å². The van der Waals surface area contributed by atoms with Crippen LogP contribution in [-0.4, -0.2) is 28.3 Å². The Labute approximate surface area is 167 Å². The lowest BCUT2D eigenvalue weighted by atomic mass is 9.99. The molecule has 0 saturated carbocycles. The first kappa shape index (κ1) is 18.1. The molecule has 0 unspecified atom stereocenters. The highest BCUT2D eigenvalue weighted by molar-refractivity contribution is 8.13. The zero-order valence-corrected chi connectivity index (χ0v) is 17.1. The van der Waals surface area contributed by atoms with Crippen LogP contribution in [0.5, 0.6) is 0 Å². The molecule has 4 rings (SSSR count). The van der Waals surface area contributed by atoms with E-state index in [9.17, 15) is 4.79 Å². The first-order valence-electron chi connectivity index (χ1n) is 9.03. The summed E-state index contributed by atoms with van der Waals surface area (Å²) >= 11 is 9.55. The molecule has 1 amide bonds. The molecule has 1 aromatic heterocycles. The molecule has 6 heteroatoms. The first-order chi connectivity index (χ1) is 12.6. The Morgan fingerprint density at radius 3 is 2.85 bits per heavy atom. The highest BCUT2D eigenvalue weighted by Gasteiger charge is 2.27. The van der Waals surface area contributed by atoms with Gasteiger partial charge >= 0.3 is 0 Å². The number of hydrogen-bond donors (Lipinski definition) is 0. The average molecular weight is 405 g/mol. The van der Waals surface area contributed by atoms with Gasteiger partial charge in [-0.25, -0.2) is 4.99 Å². The molecule has 3 nitrogen and oxygen atoms in total. The molecule has 1 aromatic carbocycles. The Hall–Kier alpha value is -1.30. The summed E-state index contributed by atoms with van der Waals surface area (Å²) in [5, 5.41) is 1.49. The number of thioether (sulfide) groups is 1. The number of amides is 1. The number of benzene rings is 1. The molecule has 0 spiro atoms. The molecule has 136 valence electrons. The van der Waals surface area contributed by atoms with Crippen LogP contribution in [0, 0.1) is 6.92 Å². The molecular weight excluding hydrogens is 384 g/mol. The number of carbonyl (C=O) groups is 1. The van der Waals surface area contributed by atoms with Gasteiger partial charge in [0.2, 0.25) is 0 Å². The fourth-order valence-electron chi connectivity index (χ4n) is 3.33. The van der Waals surface area contributed by atoms with Crippen LogP contribution in [0.2, 0.25) is 5.02 Å². The summed E-state index contributed by atoms with van der Waals surface area (Å²) in [6.45, 7) is 2.70. The van der Waals surface area contributed by atoms with E-state index in [1.807, 2.05) is 30.0 Å². The number of aliphatic imine (C=N–C) groups is 1. The lowest BCUT2D eigenvalue weighted by Crippen LogP contribution is -2.38. The molecule has 0 atom stereocenters. The molecule has 1 aliphatic heterocycles. The Bertz CT molecular complexity index is 851. The van der Waals surface area contributed by atoms with E-state index in [-0.39, 0.29) is 5.91 Å². The number of amidine groups is 1. The van der Waals surface area contributed by atoms with Gasteiger partial charge in [0, 0.05) is 22.2 Å². The summed E-state index contributed by atoms with van der Waals surface area (Å²) in [5.41, 5.74) is 3.20. The van der Waals surface area contributed by atoms with E-state index in [1.54, 1.807) is 23.1 Å². The maximum atomic E-state index is 13.2. The fraction of sp³-hybridized carbons (Fsp3) is 0.400. The summed E-state index contributed by atoms with van der Waals surface area (Å²) in [7, 11) is 0. The number of aryl methyl sites for hydroxylation is 3. The third-order valence-corrected chi connectivity index (χ3v) is 7.52. The van der Waals surface area contributed by atoms with E-state index in [2.05, 4.69) is 6.07 Å². The van der Waals surface area contributed by atoms with Gasteiger partial charge in [0.15, 0.2) is 5.17 Å². The first-order valence-corrected chi connectivity index (χ1v) is 11.2. The van der Waals surface area contributed by atoms with Gasteiger partial charge in [-0.2, -0.15) is 0 Å². The normalized spacial score (nSPS) is 18.8. The molecule has 2 heterocycles. The van der Waals surface area contributed by atoms with Crippen LogP contribution in [-0.2, 0) is 12.8 Å². The third-order valence-electron chi connectivity index (χ3n) is 4.82. The summed E-state index contributed by atoms with van der Waals surface area (Å²) in [6.07, 6.45) is 5.69. The van der Waals surface area contributed by atoms with Crippen molar-refractivity contribution in [1.82, 2.24) is 4.90 Å². The maximum absolute atomic E-state index is 13.2. The molecule has 2 aliphatic rings. The lowest BCUT2D eigenvalue weighted by molar-refractivity contribution is 0.0853. The monoisotopic (exact) mass is 404 g/mol. The summed E-state index contributed by atoms with van der Waals surface area (Å²) < 4.78 is 0. The number of nitrogens with zero attached hydrogens (tertiary/aromatic N) is 2. The van der Waals surface area contributed by atoms with Gasteiger partial charge in [-0.1, -0.05) is 29.4 Å². The van der Waals surface area contributed by atoms with E-state index in [0.717, 1.165) is 52.9 Å². The van der Waals surface area contributed by atoms with Crippen LogP contribution in [0.4, 0.5) is 5.69 Å². The van der Waals surface area contributed by atoms with Crippen LogP contribution in [0.25, 0.3) is 0 Å². The lowest BCUT2D eigenvalue weighted by Gasteiger charge is -2.27. The van der Waals surface area contributed by atoms with Gasteiger partial charge in [-0.3, -0.25) is 9.69 Å². The van der Waals surface area contributed by atoms with Crippen molar-refractivity contribution in [2.75, 3.05) is 12.3 Å². The second-order valence-electron chi connectivity index (χ2n) is 6.75. The average Bonchev–Trinajstić information content (AvgIpc) is 3.09. The highest BCUT2D eigenvalue weighted by Crippen LogP contribution is 2.32. The molecule has 1 aliphatic carbocycles. The van der Waals surface area contributed by atoms with Gasteiger partial charge in [0.05, 0.1) is 10.6 Å². The zero-order chi connectivity index (χ0) is 18.1. The minimum atomic E-state index is 0.0913. The van der Waals surface area contributed by atoms with E-state index < -0.39 is 0 Å². The standard InChI is InChI=1S/C20H21ClN2OS2/c1-13-7-8-15(12-16(13)21)22-20-23(9-4-10-25-20)19(24)18-11-14-5-2-3-6-17(14)26-18/h7-8,11-12H,2-6,9-10H2,1H3. The predicted molar refractivity (Wildman–Crippen MR) is 112 cm³/mol. The summed E-state index contributed by atoms with van der Waals surface area (Å²) in [5.74, 6) is 1.08. The SMILES string of the molecule is Cc1ccc(N=C2SCCCN2C(=O)c2cc3c(s2)CCCC3)cc1Cl. The molecule has 1 fully saturated rings. The van der Waals surface area contributed by atoms with Gasteiger partial charge < -0.3 is 0 Å². The number of halogens is 1. The zero-order valence-electron chi connectivity index (χ0n) is 14.8. The second kappa shape index (κ2) is 7.75. The molecule has 26 heavy (non-hydrogen) atoms. The number of thiophene rings is 1. The minimum Gasteiger partial charge on any atom is -0.286 e. The Kier molecular flexibility index (Phi) is 5.39. The van der Waals surface area contributed by atoms with Gasteiger partial charge in [0.1, 0.15) is 0 Å². The molecule has 2 aromatic rings. The second-order valence-corrected chi connectivity index (χ2v) is 9.36. The molecule has 1 saturated heterocycles. The van der Waals surface area contributed by atoms with Crippen molar-refractivity contribution in [1.29, 1.82) is 0 Å². The van der Waals surface area contributed by atoms with E-state index >= 15 is 0 Å². The largest absolute Gasteiger partial charge is 0.286 e. The summed E-state index contributed by atoms with van der Waals surface area (Å²) in [6, 6.07) is 7.90. The van der Waals surface area contributed by atoms with Crippen molar-refractivity contribution in [3.8, 4) is 0 Å². The quantitative estimate of drug-likeness (QED) is 0.628. The maximum Gasteiger partial charge on any atom is 0.269 e. The van der Waals surface area contributed by atoms with Crippen LogP contribution in [0.3, 0.4) is 0 Å². The topological polar surface area (TPSA) is 32.7 Å². The Balaban J connectivity index is 1.62.